The molecule has 1 saturated heterocycles. The summed E-state index contributed by atoms with van der Waals surface area (Å²) in [6, 6.07) is 13.7. The van der Waals surface area contributed by atoms with E-state index in [0.29, 0.717) is 44.2 Å². The number of carbonyl (C=O) groups is 1. The molecule has 1 fully saturated rings. The number of nitrogens with one attached hydrogen (secondary N) is 1. The van der Waals surface area contributed by atoms with Gasteiger partial charge in [-0.25, -0.2) is 8.42 Å². The summed E-state index contributed by atoms with van der Waals surface area (Å²) in [7, 11) is -3.45. The molecule has 1 aliphatic heterocycles. The number of sulfonamides is 1. The lowest BCUT2D eigenvalue weighted by atomic mass is 10.1. The molecule has 0 atom stereocenters. The van der Waals surface area contributed by atoms with Crippen molar-refractivity contribution in [2.45, 2.75) is 37.6 Å². The Bertz CT molecular complexity index is 954. The second kappa shape index (κ2) is 11.3. The Kier molecular flexibility index (Phi) is 8.45. The monoisotopic (exact) mass is 446 g/mol. The van der Waals surface area contributed by atoms with Crippen molar-refractivity contribution in [1.29, 1.82) is 0 Å². The van der Waals surface area contributed by atoms with Crippen LogP contribution in [0.1, 0.15) is 42.1 Å². The summed E-state index contributed by atoms with van der Waals surface area (Å²) in [5, 5.41) is 2.87. The van der Waals surface area contributed by atoms with Gasteiger partial charge in [0, 0.05) is 26.2 Å². The van der Waals surface area contributed by atoms with Crippen LogP contribution in [0.15, 0.2) is 53.4 Å². The average molecular weight is 447 g/mol. The topological polar surface area (TPSA) is 84.9 Å². The maximum atomic E-state index is 12.7. The molecule has 7 nitrogen and oxygen atoms in total. The third-order valence-corrected chi connectivity index (χ3v) is 7.06. The molecule has 168 valence electrons. The molecule has 31 heavy (non-hydrogen) atoms. The first-order valence-corrected chi connectivity index (χ1v) is 12.1. The standard InChI is InChI=1S/C23H30N2O5S/c1-2-29-16-17-30-22-9-5-4-8-21(22)23(26)24-18-19-10-12-20(13-11-19)31(27,28)25-14-6-3-7-15-25/h4-5,8-13H,2-3,6-7,14-18H2,1H3,(H,24,26). The van der Waals surface area contributed by atoms with Crippen LogP contribution >= 0.6 is 0 Å². The molecule has 0 bridgehead atoms. The molecule has 3 rings (SSSR count). The summed E-state index contributed by atoms with van der Waals surface area (Å²) in [5.41, 5.74) is 1.27. The lowest BCUT2D eigenvalue weighted by molar-refractivity contribution is 0.0934. The van der Waals surface area contributed by atoms with Crippen LogP contribution in [-0.2, 0) is 21.3 Å². The van der Waals surface area contributed by atoms with Crippen molar-refractivity contribution in [3.05, 3.63) is 59.7 Å². The van der Waals surface area contributed by atoms with E-state index >= 15 is 0 Å². The molecule has 1 N–H and O–H groups in total. The van der Waals surface area contributed by atoms with E-state index in [2.05, 4.69) is 5.32 Å². The molecule has 8 heteroatoms. The van der Waals surface area contributed by atoms with Crippen LogP contribution in [0.25, 0.3) is 0 Å². The van der Waals surface area contributed by atoms with E-state index in [4.69, 9.17) is 9.47 Å². The fourth-order valence-electron chi connectivity index (χ4n) is 3.45. The second-order valence-electron chi connectivity index (χ2n) is 7.33. The molecule has 1 heterocycles. The number of nitrogens with zero attached hydrogens (tertiary/aromatic N) is 1. The summed E-state index contributed by atoms with van der Waals surface area (Å²) in [4.78, 5) is 12.9. The van der Waals surface area contributed by atoms with Crippen molar-refractivity contribution in [3.63, 3.8) is 0 Å². The predicted octanol–water partition coefficient (Wildman–Crippen LogP) is 3.21. The zero-order valence-electron chi connectivity index (χ0n) is 17.9. The fraction of sp³-hybridized carbons (Fsp3) is 0.435. The van der Waals surface area contributed by atoms with Crippen molar-refractivity contribution in [2.24, 2.45) is 0 Å². The number of benzene rings is 2. The number of hydrogen-bond acceptors (Lipinski definition) is 5. The number of piperidine rings is 1. The highest BCUT2D eigenvalue weighted by Gasteiger charge is 2.25. The molecule has 0 radical (unpaired) electrons. The van der Waals surface area contributed by atoms with Gasteiger partial charge >= 0.3 is 0 Å². The Labute approximate surface area is 184 Å². The average Bonchev–Trinajstić information content (AvgIpc) is 2.81. The highest BCUT2D eigenvalue weighted by molar-refractivity contribution is 7.89. The lowest BCUT2D eigenvalue weighted by Gasteiger charge is -2.25. The first-order chi connectivity index (χ1) is 15.0. The van der Waals surface area contributed by atoms with Gasteiger partial charge in [0.2, 0.25) is 10.0 Å². The Morgan fingerprint density at radius 3 is 2.42 bits per heavy atom. The van der Waals surface area contributed by atoms with Gasteiger partial charge in [-0.05, 0) is 49.6 Å². The van der Waals surface area contributed by atoms with Gasteiger partial charge in [0.05, 0.1) is 17.1 Å². The summed E-state index contributed by atoms with van der Waals surface area (Å²) >= 11 is 0. The molecule has 2 aromatic carbocycles. The van der Waals surface area contributed by atoms with Crippen LogP contribution in [-0.4, -0.2) is 51.5 Å². The smallest absolute Gasteiger partial charge is 0.255 e. The molecule has 0 spiro atoms. The van der Waals surface area contributed by atoms with Crippen molar-refractivity contribution >= 4 is 15.9 Å². The van der Waals surface area contributed by atoms with Crippen LogP contribution < -0.4 is 10.1 Å². The number of rotatable bonds is 10. The van der Waals surface area contributed by atoms with Crippen LogP contribution in [0, 0.1) is 0 Å². The zero-order valence-corrected chi connectivity index (χ0v) is 18.7. The molecular formula is C23H30N2O5S. The molecule has 0 aromatic heterocycles. The Hall–Kier alpha value is -2.42. The summed E-state index contributed by atoms with van der Waals surface area (Å²) in [5.74, 6) is 0.250. The van der Waals surface area contributed by atoms with E-state index in [1.165, 1.54) is 0 Å². The Morgan fingerprint density at radius 1 is 1.00 bits per heavy atom. The van der Waals surface area contributed by atoms with E-state index in [0.717, 1.165) is 24.8 Å². The van der Waals surface area contributed by atoms with Crippen LogP contribution in [0.5, 0.6) is 5.75 Å². The van der Waals surface area contributed by atoms with Gasteiger partial charge in [-0.1, -0.05) is 30.7 Å². The molecule has 0 aliphatic carbocycles. The summed E-state index contributed by atoms with van der Waals surface area (Å²) < 4.78 is 38.0. The van der Waals surface area contributed by atoms with E-state index in [9.17, 15) is 13.2 Å². The Balaban J connectivity index is 1.58. The second-order valence-corrected chi connectivity index (χ2v) is 9.27. The maximum Gasteiger partial charge on any atom is 0.255 e. The molecule has 1 aliphatic rings. The van der Waals surface area contributed by atoms with Gasteiger partial charge < -0.3 is 14.8 Å². The van der Waals surface area contributed by atoms with E-state index in [1.54, 1.807) is 46.8 Å². The summed E-state index contributed by atoms with van der Waals surface area (Å²) in [6.45, 7) is 4.79. The Morgan fingerprint density at radius 2 is 1.71 bits per heavy atom. The summed E-state index contributed by atoms with van der Waals surface area (Å²) in [6.07, 6.45) is 2.88. The number of hydrogen-bond donors (Lipinski definition) is 1. The van der Waals surface area contributed by atoms with E-state index in [-0.39, 0.29) is 17.3 Å². The van der Waals surface area contributed by atoms with Gasteiger partial charge in [0.1, 0.15) is 12.4 Å². The fourth-order valence-corrected chi connectivity index (χ4v) is 4.96. The van der Waals surface area contributed by atoms with Gasteiger partial charge in [0.25, 0.3) is 5.91 Å². The number of amides is 1. The quantitative estimate of drug-likeness (QED) is 0.567. The minimum atomic E-state index is -3.45. The van der Waals surface area contributed by atoms with Crippen LogP contribution in [0.2, 0.25) is 0 Å². The third kappa shape index (κ3) is 6.29. The first-order valence-electron chi connectivity index (χ1n) is 10.7. The number of para-hydroxylation sites is 1. The number of ether oxygens (including phenoxy) is 2. The van der Waals surface area contributed by atoms with Crippen molar-refractivity contribution in [2.75, 3.05) is 32.9 Å². The highest BCUT2D eigenvalue weighted by Crippen LogP contribution is 2.21. The van der Waals surface area contributed by atoms with Gasteiger partial charge in [-0.2, -0.15) is 4.31 Å². The molecular weight excluding hydrogens is 416 g/mol. The van der Waals surface area contributed by atoms with Crippen molar-refractivity contribution < 1.29 is 22.7 Å². The van der Waals surface area contributed by atoms with Crippen molar-refractivity contribution in [1.82, 2.24) is 9.62 Å². The lowest BCUT2D eigenvalue weighted by Crippen LogP contribution is -2.35. The van der Waals surface area contributed by atoms with Crippen LogP contribution in [0.4, 0.5) is 0 Å². The van der Waals surface area contributed by atoms with Gasteiger partial charge in [-0.3, -0.25) is 4.79 Å². The SMILES string of the molecule is CCOCCOc1ccccc1C(=O)NCc1ccc(S(=O)(=O)N2CCCCC2)cc1. The normalized spacial score (nSPS) is 14.9. The molecule has 1 amide bonds. The minimum Gasteiger partial charge on any atom is -0.490 e. The van der Waals surface area contributed by atoms with E-state index in [1.807, 2.05) is 13.0 Å². The minimum absolute atomic E-state index is 0.253. The first kappa shape index (κ1) is 23.2. The number of carbonyl (C=O) groups excluding carboxylic acids is 1. The molecule has 0 unspecified atom stereocenters. The highest BCUT2D eigenvalue weighted by atomic mass is 32.2. The third-order valence-electron chi connectivity index (χ3n) is 5.15. The predicted molar refractivity (Wildman–Crippen MR) is 119 cm³/mol. The largest absolute Gasteiger partial charge is 0.490 e. The van der Waals surface area contributed by atoms with E-state index < -0.39 is 10.0 Å². The van der Waals surface area contributed by atoms with Crippen LogP contribution in [0.3, 0.4) is 0 Å². The maximum absolute atomic E-state index is 12.7. The zero-order chi connectivity index (χ0) is 22.1. The molecule has 2 aromatic rings. The van der Waals surface area contributed by atoms with Crippen molar-refractivity contribution in [3.8, 4) is 5.75 Å². The van der Waals surface area contributed by atoms with Gasteiger partial charge in [0.15, 0.2) is 0 Å². The molecule has 0 saturated carbocycles. The van der Waals surface area contributed by atoms with Gasteiger partial charge in [-0.15, -0.1) is 0 Å².